The van der Waals surface area contributed by atoms with Gasteiger partial charge in [0.05, 0.1) is 13.2 Å². The van der Waals surface area contributed by atoms with Gasteiger partial charge in [0.1, 0.15) is 0 Å². The predicted octanol–water partition coefficient (Wildman–Crippen LogP) is 2.24. The quantitative estimate of drug-likeness (QED) is 0.266. The predicted molar refractivity (Wildman–Crippen MR) is 123 cm³/mol. The second kappa shape index (κ2) is 12.4. The number of rotatable bonds is 6. The highest BCUT2D eigenvalue weighted by molar-refractivity contribution is 14.0. The number of unbranched alkanes of at least 4 members (excludes halogenated alkanes) is 1. The van der Waals surface area contributed by atoms with E-state index in [-0.39, 0.29) is 24.0 Å². The Kier molecular flexibility index (Phi) is 10.7. The maximum atomic E-state index is 5.49. The van der Waals surface area contributed by atoms with Crippen molar-refractivity contribution in [3.05, 3.63) is 0 Å². The van der Waals surface area contributed by atoms with Gasteiger partial charge in [0.25, 0.3) is 0 Å². The number of nitrogens with zero attached hydrogens (tertiary/aromatic N) is 4. The van der Waals surface area contributed by atoms with Crippen LogP contribution in [0.1, 0.15) is 45.4 Å². The molecule has 7 heteroatoms. The third kappa shape index (κ3) is 7.01. The zero-order valence-electron chi connectivity index (χ0n) is 17.4. The van der Waals surface area contributed by atoms with Gasteiger partial charge in [-0.1, -0.05) is 6.42 Å². The number of ether oxygens (including phenoxy) is 1. The topological polar surface area (TPSA) is 43.3 Å². The third-order valence-electron chi connectivity index (χ3n) is 6.33. The molecule has 1 N–H and O–H groups in total. The normalized spacial score (nSPS) is 28.2. The molecule has 3 aliphatic heterocycles. The van der Waals surface area contributed by atoms with Crippen molar-refractivity contribution in [2.75, 3.05) is 66.1 Å². The molecule has 3 heterocycles. The largest absolute Gasteiger partial charge is 0.379 e. The summed E-state index contributed by atoms with van der Waals surface area (Å²) in [6, 6.07) is 1.45. The molecule has 0 aromatic carbocycles. The van der Waals surface area contributed by atoms with Crippen LogP contribution < -0.4 is 5.32 Å². The van der Waals surface area contributed by atoms with Crippen LogP contribution in [0.5, 0.6) is 0 Å². The number of nitrogens with one attached hydrogen (secondary N) is 1. The molecule has 3 rings (SSSR count). The van der Waals surface area contributed by atoms with E-state index in [2.05, 4.69) is 31.9 Å². The molecule has 0 aliphatic carbocycles. The van der Waals surface area contributed by atoms with Gasteiger partial charge in [-0.05, 0) is 52.1 Å². The molecular formula is C20H40IN5O. The molecule has 3 saturated heterocycles. The highest BCUT2D eigenvalue weighted by atomic mass is 127. The third-order valence-corrected chi connectivity index (χ3v) is 6.33. The van der Waals surface area contributed by atoms with Crippen LogP contribution in [0.25, 0.3) is 0 Å². The second-order valence-electron chi connectivity index (χ2n) is 8.10. The van der Waals surface area contributed by atoms with E-state index in [4.69, 9.17) is 4.74 Å². The number of hydrogen-bond donors (Lipinski definition) is 1. The Balaban J connectivity index is 0.00000261. The first-order valence-corrected chi connectivity index (χ1v) is 10.8. The molecule has 6 nitrogen and oxygen atoms in total. The zero-order chi connectivity index (χ0) is 18.2. The highest BCUT2D eigenvalue weighted by Crippen LogP contribution is 2.18. The van der Waals surface area contributed by atoms with Crippen LogP contribution in [0, 0.1) is 0 Å². The fourth-order valence-corrected chi connectivity index (χ4v) is 4.64. The minimum atomic E-state index is 0. The monoisotopic (exact) mass is 493 g/mol. The van der Waals surface area contributed by atoms with E-state index in [1.54, 1.807) is 0 Å². The van der Waals surface area contributed by atoms with Crippen molar-refractivity contribution in [3.63, 3.8) is 0 Å². The number of likely N-dealkylation sites (tertiary alicyclic amines) is 2. The van der Waals surface area contributed by atoms with Crippen molar-refractivity contribution in [1.82, 2.24) is 20.0 Å². The summed E-state index contributed by atoms with van der Waals surface area (Å²) in [5, 5.41) is 3.60. The Bertz CT molecular complexity index is 444. The maximum absolute atomic E-state index is 5.49. The van der Waals surface area contributed by atoms with Gasteiger partial charge in [0, 0.05) is 51.9 Å². The van der Waals surface area contributed by atoms with Gasteiger partial charge in [-0.15, -0.1) is 24.0 Å². The molecule has 0 aromatic heterocycles. The fourth-order valence-electron chi connectivity index (χ4n) is 4.64. The standard InChI is InChI=1S/C20H39N5O.HI/c1-18-7-3-5-10-23(18)11-6-4-9-22-20(21-2)25-12-8-19(17-25)24-13-15-26-16-14-24;/h18-19H,3-17H2,1-2H3,(H,21,22);1H. The molecule has 0 bridgehead atoms. The molecular weight excluding hydrogens is 453 g/mol. The second-order valence-corrected chi connectivity index (χ2v) is 8.10. The number of morpholine rings is 1. The Labute approximate surface area is 183 Å². The average Bonchev–Trinajstić information content (AvgIpc) is 3.17. The number of aliphatic imine (C=N–C) groups is 1. The maximum Gasteiger partial charge on any atom is 0.193 e. The molecule has 2 unspecified atom stereocenters. The Morgan fingerprint density at radius 3 is 2.63 bits per heavy atom. The van der Waals surface area contributed by atoms with E-state index in [1.807, 2.05) is 7.05 Å². The van der Waals surface area contributed by atoms with E-state index in [1.165, 1.54) is 51.6 Å². The van der Waals surface area contributed by atoms with Crippen LogP contribution in [-0.2, 0) is 4.74 Å². The molecule has 3 aliphatic rings. The van der Waals surface area contributed by atoms with Crippen molar-refractivity contribution < 1.29 is 4.74 Å². The van der Waals surface area contributed by atoms with Crippen molar-refractivity contribution in [2.45, 2.75) is 57.5 Å². The van der Waals surface area contributed by atoms with Crippen LogP contribution in [-0.4, -0.2) is 98.8 Å². The van der Waals surface area contributed by atoms with Gasteiger partial charge in [-0.2, -0.15) is 0 Å². The fraction of sp³-hybridized carbons (Fsp3) is 0.950. The van der Waals surface area contributed by atoms with Crippen molar-refractivity contribution in [2.24, 2.45) is 4.99 Å². The molecule has 0 spiro atoms. The molecule has 3 fully saturated rings. The number of hydrogen-bond acceptors (Lipinski definition) is 4. The van der Waals surface area contributed by atoms with E-state index < -0.39 is 0 Å². The Morgan fingerprint density at radius 1 is 1.07 bits per heavy atom. The molecule has 2 atom stereocenters. The number of piperidine rings is 1. The van der Waals surface area contributed by atoms with Crippen LogP contribution in [0.15, 0.2) is 4.99 Å². The summed E-state index contributed by atoms with van der Waals surface area (Å²) in [5.41, 5.74) is 0. The smallest absolute Gasteiger partial charge is 0.193 e. The minimum absolute atomic E-state index is 0. The SMILES string of the molecule is CN=C(NCCCCN1CCCCC1C)N1CCC(N2CCOCC2)C1.I. The molecule has 0 saturated carbocycles. The lowest BCUT2D eigenvalue weighted by molar-refractivity contribution is 0.0195. The molecule has 27 heavy (non-hydrogen) atoms. The first kappa shape index (κ1) is 23.2. The van der Waals surface area contributed by atoms with Crippen molar-refractivity contribution in [1.29, 1.82) is 0 Å². The van der Waals surface area contributed by atoms with Gasteiger partial charge >= 0.3 is 0 Å². The molecule has 0 aromatic rings. The Morgan fingerprint density at radius 2 is 1.89 bits per heavy atom. The van der Waals surface area contributed by atoms with Gasteiger partial charge in [0.15, 0.2) is 5.96 Å². The lowest BCUT2D eigenvalue weighted by Crippen LogP contribution is -2.46. The number of guanidine groups is 1. The highest BCUT2D eigenvalue weighted by Gasteiger charge is 2.30. The molecule has 0 radical (unpaired) electrons. The van der Waals surface area contributed by atoms with Crippen LogP contribution in [0.4, 0.5) is 0 Å². The lowest BCUT2D eigenvalue weighted by atomic mass is 10.0. The van der Waals surface area contributed by atoms with Gasteiger partial charge in [-0.3, -0.25) is 9.89 Å². The first-order valence-electron chi connectivity index (χ1n) is 10.8. The number of halogens is 1. The molecule has 0 amide bonds. The Hall–Kier alpha value is -0.120. The van der Waals surface area contributed by atoms with E-state index >= 15 is 0 Å². The van der Waals surface area contributed by atoms with Crippen LogP contribution >= 0.6 is 24.0 Å². The summed E-state index contributed by atoms with van der Waals surface area (Å²) in [7, 11) is 1.92. The van der Waals surface area contributed by atoms with Gasteiger partial charge < -0.3 is 19.9 Å². The summed E-state index contributed by atoms with van der Waals surface area (Å²) >= 11 is 0. The summed E-state index contributed by atoms with van der Waals surface area (Å²) in [4.78, 5) is 12.2. The van der Waals surface area contributed by atoms with Crippen molar-refractivity contribution >= 4 is 29.9 Å². The zero-order valence-corrected chi connectivity index (χ0v) is 19.7. The first-order chi connectivity index (χ1) is 12.8. The van der Waals surface area contributed by atoms with Crippen LogP contribution in [0.2, 0.25) is 0 Å². The van der Waals surface area contributed by atoms with Gasteiger partial charge in [-0.25, -0.2) is 0 Å². The van der Waals surface area contributed by atoms with E-state index in [9.17, 15) is 0 Å². The molecule has 158 valence electrons. The van der Waals surface area contributed by atoms with E-state index in [0.29, 0.717) is 6.04 Å². The summed E-state index contributed by atoms with van der Waals surface area (Å²) in [5.74, 6) is 1.09. The van der Waals surface area contributed by atoms with Crippen molar-refractivity contribution in [3.8, 4) is 0 Å². The average molecular weight is 493 g/mol. The summed E-state index contributed by atoms with van der Waals surface area (Å²) in [6.45, 7) is 12.1. The summed E-state index contributed by atoms with van der Waals surface area (Å²) in [6.07, 6.45) is 7.93. The van der Waals surface area contributed by atoms with Crippen LogP contribution in [0.3, 0.4) is 0 Å². The summed E-state index contributed by atoms with van der Waals surface area (Å²) < 4.78 is 5.49. The van der Waals surface area contributed by atoms with E-state index in [0.717, 1.165) is 57.9 Å². The lowest BCUT2D eigenvalue weighted by Gasteiger charge is -2.33. The minimum Gasteiger partial charge on any atom is -0.379 e. The van der Waals surface area contributed by atoms with Gasteiger partial charge in [0.2, 0.25) is 0 Å².